The van der Waals surface area contributed by atoms with Gasteiger partial charge >= 0.3 is 0 Å². The summed E-state index contributed by atoms with van der Waals surface area (Å²) in [5.41, 5.74) is 3.89. The van der Waals surface area contributed by atoms with Crippen molar-refractivity contribution in [2.45, 2.75) is 26.3 Å². The van der Waals surface area contributed by atoms with E-state index >= 15 is 0 Å². The Kier molecular flexibility index (Phi) is 6.06. The number of carbonyl (C=O) groups excluding carboxylic acids is 4. The second-order valence-corrected chi connectivity index (χ2v) is 6.78. The van der Waals surface area contributed by atoms with Crippen molar-refractivity contribution in [2.75, 3.05) is 4.90 Å². The molecule has 0 saturated carbocycles. The molecule has 1 saturated heterocycles. The maximum absolute atomic E-state index is 13.2. The summed E-state index contributed by atoms with van der Waals surface area (Å²) < 4.78 is 13.2. The molecule has 154 valence electrons. The summed E-state index contributed by atoms with van der Waals surface area (Å²) in [4.78, 5) is 51.6. The molecule has 1 aliphatic rings. The molecule has 0 aliphatic carbocycles. The van der Waals surface area contributed by atoms with Gasteiger partial charge in [0, 0.05) is 11.6 Å². The van der Waals surface area contributed by atoms with Crippen LogP contribution in [-0.4, -0.2) is 34.7 Å². The van der Waals surface area contributed by atoms with E-state index in [1.54, 1.807) is 31.2 Å². The molecule has 1 N–H and O–H groups in total. The summed E-state index contributed by atoms with van der Waals surface area (Å²) in [6, 6.07) is 10.3. The summed E-state index contributed by atoms with van der Waals surface area (Å²) in [5, 5.41) is 0.867. The summed E-state index contributed by atoms with van der Waals surface area (Å²) in [6.45, 7) is 3.49. The van der Waals surface area contributed by atoms with Crippen LogP contribution in [0.5, 0.6) is 0 Å². The number of nitrogens with zero attached hydrogens (tertiary/aromatic N) is 2. The third-order valence-corrected chi connectivity index (χ3v) is 4.60. The van der Waals surface area contributed by atoms with E-state index in [-0.39, 0.29) is 12.1 Å². The Labute approximate surface area is 172 Å². The molecule has 8 heteroatoms. The van der Waals surface area contributed by atoms with E-state index in [1.807, 2.05) is 6.92 Å². The van der Waals surface area contributed by atoms with E-state index in [0.717, 1.165) is 27.6 Å². The Morgan fingerprint density at radius 3 is 2.33 bits per heavy atom. The van der Waals surface area contributed by atoms with Crippen LogP contribution in [0.15, 0.2) is 60.7 Å². The van der Waals surface area contributed by atoms with Crippen LogP contribution in [0.2, 0.25) is 0 Å². The van der Waals surface area contributed by atoms with Gasteiger partial charge in [-0.15, -0.1) is 0 Å². The number of hydrogen-bond acceptors (Lipinski definition) is 4. The first-order chi connectivity index (χ1) is 14.3. The molecule has 2 aromatic carbocycles. The molecule has 0 bridgehead atoms. The number of aryl methyl sites for hydroxylation is 1. The largest absolute Gasteiger partial charge is 0.274 e. The number of halogens is 1. The molecule has 2 aromatic rings. The summed E-state index contributed by atoms with van der Waals surface area (Å²) >= 11 is 0. The molecule has 30 heavy (non-hydrogen) atoms. The van der Waals surface area contributed by atoms with Gasteiger partial charge in [-0.1, -0.05) is 23.8 Å². The number of anilines is 1. The van der Waals surface area contributed by atoms with Crippen LogP contribution in [0, 0.1) is 12.7 Å². The highest BCUT2D eigenvalue weighted by molar-refractivity contribution is 6.23. The molecule has 1 aliphatic heterocycles. The molecular weight excluding hydrogens is 389 g/mol. The highest BCUT2D eigenvalue weighted by Crippen LogP contribution is 2.25. The molecule has 0 spiro atoms. The minimum absolute atomic E-state index is 0.192. The zero-order valence-corrected chi connectivity index (χ0v) is 16.5. The van der Waals surface area contributed by atoms with Crippen molar-refractivity contribution in [3.8, 4) is 0 Å². The fourth-order valence-corrected chi connectivity index (χ4v) is 3.07. The number of benzene rings is 2. The van der Waals surface area contributed by atoms with E-state index in [0.29, 0.717) is 5.56 Å². The lowest BCUT2D eigenvalue weighted by Gasteiger charge is -2.27. The Hall–Kier alpha value is -3.81. The third-order valence-electron chi connectivity index (χ3n) is 4.60. The van der Waals surface area contributed by atoms with Gasteiger partial charge in [-0.2, -0.15) is 0 Å². The lowest BCUT2D eigenvalue weighted by molar-refractivity contribution is -0.137. The molecule has 1 unspecified atom stereocenters. The van der Waals surface area contributed by atoms with Crippen LogP contribution in [-0.2, 0) is 14.4 Å². The molecule has 1 fully saturated rings. The number of amides is 4. The van der Waals surface area contributed by atoms with E-state index in [2.05, 4.69) is 5.43 Å². The number of nitrogens with one attached hydrogen (secondary N) is 1. The number of carbonyl (C=O) groups is 4. The maximum Gasteiger partial charge on any atom is 0.269 e. The first-order valence-corrected chi connectivity index (χ1v) is 9.27. The van der Waals surface area contributed by atoms with Crippen molar-refractivity contribution in [3.05, 3.63) is 77.6 Å². The molecule has 3 rings (SSSR count). The predicted molar refractivity (Wildman–Crippen MR) is 108 cm³/mol. The van der Waals surface area contributed by atoms with Gasteiger partial charge in [-0.25, -0.2) is 14.3 Å². The average Bonchev–Trinajstić information content (AvgIpc) is 3.01. The summed E-state index contributed by atoms with van der Waals surface area (Å²) in [6.07, 6.45) is 2.34. The number of allylic oxidation sites excluding steroid dienone is 1. The standard InChI is InChI=1S/C22H20FN3O4/c1-3-4-19(27)26(24-21(29)15-7-5-14(2)6-8-15)18-13-20(28)25(22(18)30)17-11-9-16(23)10-12-17/h3-12,18H,13H2,1-2H3,(H,24,29). The smallest absolute Gasteiger partial charge is 0.269 e. The average molecular weight is 409 g/mol. The van der Waals surface area contributed by atoms with E-state index in [4.69, 9.17) is 0 Å². The maximum atomic E-state index is 13.2. The summed E-state index contributed by atoms with van der Waals surface area (Å²) in [7, 11) is 0. The molecule has 4 amide bonds. The van der Waals surface area contributed by atoms with Crippen molar-refractivity contribution in [1.82, 2.24) is 10.4 Å². The molecule has 0 radical (unpaired) electrons. The summed E-state index contributed by atoms with van der Waals surface area (Å²) in [5.74, 6) is -2.99. The Balaban J connectivity index is 1.88. The van der Waals surface area contributed by atoms with Crippen molar-refractivity contribution < 1.29 is 23.6 Å². The monoisotopic (exact) mass is 409 g/mol. The molecule has 0 aromatic heterocycles. The fourth-order valence-electron chi connectivity index (χ4n) is 3.07. The van der Waals surface area contributed by atoms with Gasteiger partial charge in [0.1, 0.15) is 11.9 Å². The SMILES string of the molecule is CC=CC(=O)N(NC(=O)c1ccc(C)cc1)C1CC(=O)N(c2ccc(F)cc2)C1=O. The molecule has 1 heterocycles. The Morgan fingerprint density at radius 2 is 1.73 bits per heavy atom. The number of hydrazine groups is 1. The third kappa shape index (κ3) is 4.27. The Bertz CT molecular complexity index is 1020. The normalized spacial score (nSPS) is 16.2. The number of rotatable bonds is 4. The van der Waals surface area contributed by atoms with Crippen LogP contribution in [0.25, 0.3) is 0 Å². The quantitative estimate of drug-likeness (QED) is 0.478. The zero-order chi connectivity index (χ0) is 21.8. The van der Waals surface area contributed by atoms with Crippen LogP contribution < -0.4 is 10.3 Å². The van der Waals surface area contributed by atoms with Crippen molar-refractivity contribution in [1.29, 1.82) is 0 Å². The van der Waals surface area contributed by atoms with Crippen LogP contribution >= 0.6 is 0 Å². The predicted octanol–water partition coefficient (Wildman–Crippen LogP) is 2.52. The van der Waals surface area contributed by atoms with E-state index < -0.39 is 35.5 Å². The number of imide groups is 1. The van der Waals surface area contributed by atoms with Gasteiger partial charge < -0.3 is 0 Å². The minimum atomic E-state index is -1.22. The van der Waals surface area contributed by atoms with E-state index in [9.17, 15) is 23.6 Å². The Morgan fingerprint density at radius 1 is 1.10 bits per heavy atom. The second kappa shape index (κ2) is 8.69. The van der Waals surface area contributed by atoms with Crippen molar-refractivity contribution in [3.63, 3.8) is 0 Å². The van der Waals surface area contributed by atoms with Crippen molar-refractivity contribution >= 4 is 29.3 Å². The van der Waals surface area contributed by atoms with Gasteiger partial charge in [0.2, 0.25) is 5.91 Å². The minimum Gasteiger partial charge on any atom is -0.274 e. The highest BCUT2D eigenvalue weighted by Gasteiger charge is 2.45. The van der Waals surface area contributed by atoms with Crippen molar-refractivity contribution in [2.24, 2.45) is 0 Å². The van der Waals surface area contributed by atoms with E-state index in [1.165, 1.54) is 24.3 Å². The van der Waals surface area contributed by atoms with Gasteiger partial charge in [-0.05, 0) is 50.2 Å². The number of hydrogen-bond donors (Lipinski definition) is 1. The first kappa shape index (κ1) is 20.9. The molecule has 1 atom stereocenters. The molecule has 7 nitrogen and oxygen atoms in total. The highest BCUT2D eigenvalue weighted by atomic mass is 19.1. The van der Waals surface area contributed by atoms with Crippen LogP contribution in [0.3, 0.4) is 0 Å². The van der Waals surface area contributed by atoms with Crippen LogP contribution in [0.4, 0.5) is 10.1 Å². The second-order valence-electron chi connectivity index (χ2n) is 6.78. The van der Waals surface area contributed by atoms with Gasteiger partial charge in [-0.3, -0.25) is 24.6 Å². The van der Waals surface area contributed by atoms with Crippen LogP contribution in [0.1, 0.15) is 29.3 Å². The topological polar surface area (TPSA) is 86.8 Å². The van der Waals surface area contributed by atoms with Gasteiger partial charge in [0.25, 0.3) is 17.7 Å². The first-order valence-electron chi connectivity index (χ1n) is 9.27. The lowest BCUT2D eigenvalue weighted by Crippen LogP contribution is -2.54. The van der Waals surface area contributed by atoms with Gasteiger partial charge in [0.05, 0.1) is 12.1 Å². The lowest BCUT2D eigenvalue weighted by atomic mass is 10.1. The molecular formula is C22H20FN3O4. The fraction of sp³-hybridized carbons (Fsp3) is 0.182. The van der Waals surface area contributed by atoms with Gasteiger partial charge in [0.15, 0.2) is 0 Å². The zero-order valence-electron chi connectivity index (χ0n) is 16.5.